The molecule has 0 amide bonds. The number of carbonyl (C=O) groups is 1. The van der Waals surface area contributed by atoms with E-state index in [1.54, 1.807) is 6.20 Å². The summed E-state index contributed by atoms with van der Waals surface area (Å²) in [6, 6.07) is 3.17. The van der Waals surface area contributed by atoms with E-state index in [0.717, 1.165) is 17.8 Å². The van der Waals surface area contributed by atoms with Crippen molar-refractivity contribution < 1.29 is 4.79 Å². The van der Waals surface area contributed by atoms with Crippen molar-refractivity contribution in [2.45, 2.75) is 25.9 Å². The molecule has 0 saturated heterocycles. The van der Waals surface area contributed by atoms with Crippen LogP contribution in [0.3, 0.4) is 0 Å². The Morgan fingerprint density at radius 3 is 3.12 bits per heavy atom. The molecule has 0 saturated carbocycles. The number of hydrogen-bond donors (Lipinski definition) is 1. The van der Waals surface area contributed by atoms with Gasteiger partial charge in [0.1, 0.15) is 6.04 Å². The van der Waals surface area contributed by atoms with E-state index >= 15 is 0 Å². The van der Waals surface area contributed by atoms with E-state index in [2.05, 4.69) is 11.9 Å². The minimum atomic E-state index is -0.604. The lowest BCUT2D eigenvalue weighted by atomic mass is 10.1. The first-order chi connectivity index (χ1) is 8.24. The van der Waals surface area contributed by atoms with Crippen LogP contribution in [0, 0.1) is 0 Å². The number of imidazole rings is 1. The van der Waals surface area contributed by atoms with Crippen molar-refractivity contribution >= 4 is 17.1 Å². The van der Waals surface area contributed by atoms with Gasteiger partial charge in [-0.15, -0.1) is 11.3 Å². The summed E-state index contributed by atoms with van der Waals surface area (Å²) in [6.45, 7) is 2.85. The van der Waals surface area contributed by atoms with Gasteiger partial charge in [0.15, 0.2) is 5.82 Å². The first kappa shape index (κ1) is 12.0. The SMILES string of the molecule is CCCn1ccnc1C(=O)C(N)c1cccs1. The smallest absolute Gasteiger partial charge is 0.220 e. The lowest BCUT2D eigenvalue weighted by Crippen LogP contribution is -2.24. The quantitative estimate of drug-likeness (QED) is 0.827. The van der Waals surface area contributed by atoms with Gasteiger partial charge in [-0.3, -0.25) is 4.79 Å². The van der Waals surface area contributed by atoms with Gasteiger partial charge in [-0.25, -0.2) is 4.98 Å². The second kappa shape index (κ2) is 5.25. The van der Waals surface area contributed by atoms with Gasteiger partial charge in [0.25, 0.3) is 0 Å². The standard InChI is InChI=1S/C12H15N3OS/c1-2-6-15-7-5-14-12(15)11(16)10(13)9-4-3-8-17-9/h3-5,7-8,10H,2,6,13H2,1H3. The Labute approximate surface area is 104 Å². The number of hydrogen-bond acceptors (Lipinski definition) is 4. The molecule has 0 aromatic carbocycles. The van der Waals surface area contributed by atoms with Gasteiger partial charge in [-0.2, -0.15) is 0 Å². The van der Waals surface area contributed by atoms with Crippen LogP contribution in [0.15, 0.2) is 29.9 Å². The number of ketones is 1. The number of nitrogens with two attached hydrogens (primary N) is 1. The van der Waals surface area contributed by atoms with Gasteiger partial charge in [0, 0.05) is 23.8 Å². The highest BCUT2D eigenvalue weighted by atomic mass is 32.1. The summed E-state index contributed by atoms with van der Waals surface area (Å²) in [5.74, 6) is 0.332. The second-order valence-electron chi connectivity index (χ2n) is 3.80. The molecular formula is C12H15N3OS. The third kappa shape index (κ3) is 2.45. The fourth-order valence-electron chi connectivity index (χ4n) is 1.69. The average Bonchev–Trinajstić information content (AvgIpc) is 2.98. The third-order valence-electron chi connectivity index (χ3n) is 2.53. The fourth-order valence-corrected chi connectivity index (χ4v) is 2.42. The van der Waals surface area contributed by atoms with Crippen LogP contribution in [0.25, 0.3) is 0 Å². The zero-order valence-electron chi connectivity index (χ0n) is 9.67. The monoisotopic (exact) mass is 249 g/mol. The molecule has 90 valence electrons. The molecule has 2 rings (SSSR count). The first-order valence-electron chi connectivity index (χ1n) is 5.58. The van der Waals surface area contributed by atoms with Crippen LogP contribution in [0.2, 0.25) is 0 Å². The Bertz CT molecular complexity index is 490. The first-order valence-corrected chi connectivity index (χ1v) is 6.46. The molecule has 5 heteroatoms. The molecule has 0 spiro atoms. The van der Waals surface area contributed by atoms with Crippen LogP contribution < -0.4 is 5.73 Å². The lowest BCUT2D eigenvalue weighted by Gasteiger charge is -2.10. The molecule has 17 heavy (non-hydrogen) atoms. The molecule has 0 aliphatic carbocycles. The lowest BCUT2D eigenvalue weighted by molar-refractivity contribution is 0.0948. The van der Waals surface area contributed by atoms with Crippen LogP contribution >= 0.6 is 11.3 Å². The van der Waals surface area contributed by atoms with Crippen LogP contribution in [0.4, 0.5) is 0 Å². The molecule has 2 N–H and O–H groups in total. The predicted molar refractivity (Wildman–Crippen MR) is 68.1 cm³/mol. The highest BCUT2D eigenvalue weighted by Gasteiger charge is 2.22. The van der Waals surface area contributed by atoms with Gasteiger partial charge < -0.3 is 10.3 Å². The number of nitrogens with zero attached hydrogens (tertiary/aromatic N) is 2. The van der Waals surface area contributed by atoms with E-state index in [9.17, 15) is 4.79 Å². The third-order valence-corrected chi connectivity index (χ3v) is 3.49. The molecule has 1 unspecified atom stereocenters. The van der Waals surface area contributed by atoms with Crippen LogP contribution in [0.5, 0.6) is 0 Å². The summed E-state index contributed by atoms with van der Waals surface area (Å²) in [6.07, 6.45) is 4.42. The van der Waals surface area contributed by atoms with Crippen molar-refractivity contribution in [2.24, 2.45) is 5.73 Å². The number of Topliss-reactive ketones (excluding diaryl/α,β-unsaturated/α-hetero) is 1. The summed E-state index contributed by atoms with van der Waals surface area (Å²) in [4.78, 5) is 17.2. The Kier molecular flexibility index (Phi) is 3.71. The van der Waals surface area contributed by atoms with Crippen LogP contribution in [-0.2, 0) is 6.54 Å². The number of aromatic nitrogens is 2. The number of thiophene rings is 1. The van der Waals surface area contributed by atoms with Crippen molar-refractivity contribution in [3.8, 4) is 0 Å². The maximum atomic E-state index is 12.2. The summed E-state index contributed by atoms with van der Waals surface area (Å²) in [5.41, 5.74) is 5.95. The van der Waals surface area contributed by atoms with Crippen molar-refractivity contribution in [3.05, 3.63) is 40.6 Å². The maximum absolute atomic E-state index is 12.2. The van der Waals surface area contributed by atoms with Gasteiger partial charge in [0.05, 0.1) is 0 Å². The molecule has 4 nitrogen and oxygen atoms in total. The summed E-state index contributed by atoms with van der Waals surface area (Å²) in [5, 5.41) is 1.92. The molecule has 2 heterocycles. The minimum Gasteiger partial charge on any atom is -0.328 e. The minimum absolute atomic E-state index is 0.120. The fraction of sp³-hybridized carbons (Fsp3) is 0.333. The molecule has 0 aliphatic heterocycles. The summed E-state index contributed by atoms with van der Waals surface area (Å²) < 4.78 is 1.86. The van der Waals surface area contributed by atoms with E-state index in [-0.39, 0.29) is 5.78 Å². The highest BCUT2D eigenvalue weighted by molar-refractivity contribution is 7.10. The molecule has 1 atom stereocenters. The molecule has 0 bridgehead atoms. The van der Waals surface area contributed by atoms with E-state index < -0.39 is 6.04 Å². The van der Waals surface area contributed by atoms with Crippen LogP contribution in [0.1, 0.15) is 34.9 Å². The van der Waals surface area contributed by atoms with E-state index in [0.29, 0.717) is 5.82 Å². The van der Waals surface area contributed by atoms with Gasteiger partial charge in [-0.05, 0) is 17.9 Å². The second-order valence-corrected chi connectivity index (χ2v) is 4.78. The normalized spacial score (nSPS) is 12.6. The van der Waals surface area contributed by atoms with E-state index in [1.807, 2.05) is 28.3 Å². The van der Waals surface area contributed by atoms with E-state index in [1.165, 1.54) is 11.3 Å². The summed E-state index contributed by atoms with van der Waals surface area (Å²) >= 11 is 1.49. The maximum Gasteiger partial charge on any atom is 0.220 e. The van der Waals surface area contributed by atoms with Gasteiger partial charge in [0.2, 0.25) is 5.78 Å². The highest BCUT2D eigenvalue weighted by Crippen LogP contribution is 2.20. The summed E-state index contributed by atoms with van der Waals surface area (Å²) in [7, 11) is 0. The Morgan fingerprint density at radius 1 is 1.65 bits per heavy atom. The number of aryl methyl sites for hydroxylation is 1. The molecular weight excluding hydrogens is 234 g/mol. The molecule has 2 aromatic heterocycles. The Morgan fingerprint density at radius 2 is 2.47 bits per heavy atom. The molecule has 0 radical (unpaired) electrons. The van der Waals surface area contributed by atoms with Gasteiger partial charge in [-0.1, -0.05) is 13.0 Å². The average molecular weight is 249 g/mol. The molecule has 2 aromatic rings. The van der Waals surface area contributed by atoms with E-state index in [4.69, 9.17) is 5.73 Å². The predicted octanol–water partition coefficient (Wildman–Crippen LogP) is 2.24. The molecule has 0 aliphatic rings. The Balaban J connectivity index is 2.22. The zero-order chi connectivity index (χ0) is 12.3. The van der Waals surface area contributed by atoms with Crippen molar-refractivity contribution in [3.63, 3.8) is 0 Å². The Hall–Kier alpha value is -1.46. The van der Waals surface area contributed by atoms with Crippen LogP contribution in [-0.4, -0.2) is 15.3 Å². The number of carbonyl (C=O) groups excluding carboxylic acids is 1. The van der Waals surface area contributed by atoms with Gasteiger partial charge >= 0.3 is 0 Å². The van der Waals surface area contributed by atoms with Crippen molar-refractivity contribution in [1.82, 2.24) is 9.55 Å². The largest absolute Gasteiger partial charge is 0.328 e. The zero-order valence-corrected chi connectivity index (χ0v) is 10.5. The topological polar surface area (TPSA) is 60.9 Å². The number of rotatable bonds is 5. The van der Waals surface area contributed by atoms with Crippen molar-refractivity contribution in [2.75, 3.05) is 0 Å². The molecule has 0 fully saturated rings. The van der Waals surface area contributed by atoms with Crippen molar-refractivity contribution in [1.29, 1.82) is 0 Å².